The highest BCUT2D eigenvalue weighted by molar-refractivity contribution is 8.00. The number of ether oxygens (including phenoxy) is 1. The molecule has 1 N–H and O–H groups in total. The van der Waals surface area contributed by atoms with Crippen LogP contribution in [0.25, 0.3) is 0 Å². The monoisotopic (exact) mass is 305 g/mol. The molecule has 1 fully saturated rings. The summed E-state index contributed by atoms with van der Waals surface area (Å²) in [7, 11) is 3.34. The Balaban J connectivity index is 1.68. The average molecular weight is 305 g/mol. The number of benzene rings is 1. The number of rotatable bonds is 4. The molecule has 2 aliphatic carbocycles. The molecule has 21 heavy (non-hydrogen) atoms. The molecule has 0 heterocycles. The number of carbonyl (C=O) groups is 1. The summed E-state index contributed by atoms with van der Waals surface area (Å²) in [5.41, 5.74) is 2.55. The van der Waals surface area contributed by atoms with E-state index in [1.807, 2.05) is 18.8 Å². The Kier molecular flexibility index (Phi) is 4.27. The highest BCUT2D eigenvalue weighted by atomic mass is 32.2. The second-order valence-corrected chi connectivity index (χ2v) is 7.46. The van der Waals surface area contributed by atoms with E-state index in [1.165, 1.54) is 42.4 Å². The fraction of sp³-hybridized carbons (Fsp3) is 0.588. The summed E-state index contributed by atoms with van der Waals surface area (Å²) in [6.07, 6.45) is 6.50. The minimum atomic E-state index is -0.483. The molecule has 0 aromatic heterocycles. The minimum Gasteiger partial charge on any atom is -0.468 e. The van der Waals surface area contributed by atoms with Crippen molar-refractivity contribution in [2.75, 3.05) is 14.2 Å². The first-order valence-corrected chi connectivity index (χ1v) is 8.60. The minimum absolute atomic E-state index is 0.123. The van der Waals surface area contributed by atoms with Crippen molar-refractivity contribution in [2.24, 2.45) is 0 Å². The van der Waals surface area contributed by atoms with Gasteiger partial charge >= 0.3 is 5.97 Å². The summed E-state index contributed by atoms with van der Waals surface area (Å²) in [4.78, 5) is 13.4. The van der Waals surface area contributed by atoms with Crippen LogP contribution >= 0.6 is 11.8 Å². The number of esters is 1. The molecule has 3 nitrogen and oxygen atoms in total. The third-order valence-corrected chi connectivity index (χ3v) is 6.16. The first kappa shape index (κ1) is 14.9. The molecular formula is C17H23NO2S. The van der Waals surface area contributed by atoms with E-state index in [1.54, 1.807) is 0 Å². The van der Waals surface area contributed by atoms with Crippen LogP contribution in [0, 0.1) is 0 Å². The van der Waals surface area contributed by atoms with Gasteiger partial charge in [0.1, 0.15) is 5.54 Å². The summed E-state index contributed by atoms with van der Waals surface area (Å²) >= 11 is 1.92. The van der Waals surface area contributed by atoms with Crippen molar-refractivity contribution in [3.05, 3.63) is 29.3 Å². The smallest absolute Gasteiger partial charge is 0.326 e. The van der Waals surface area contributed by atoms with Gasteiger partial charge in [0.15, 0.2) is 0 Å². The lowest BCUT2D eigenvalue weighted by Crippen LogP contribution is -2.49. The van der Waals surface area contributed by atoms with E-state index in [2.05, 4.69) is 23.5 Å². The number of likely N-dealkylation sites (N-methyl/N-ethyl adjacent to an activating group) is 1. The van der Waals surface area contributed by atoms with Crippen LogP contribution in [0.5, 0.6) is 0 Å². The second kappa shape index (κ2) is 6.01. The molecule has 0 spiro atoms. The standard InChI is InChI=1S/C17H23NO2S/c1-18-17(16(19)20-2)9-8-15(11-17)21-14-7-6-12-4-3-5-13(12)10-14/h6-7,10,15,18H,3-5,8-9,11H2,1-2H3. The fourth-order valence-electron chi connectivity index (χ4n) is 3.62. The predicted molar refractivity (Wildman–Crippen MR) is 85.8 cm³/mol. The summed E-state index contributed by atoms with van der Waals surface area (Å²) in [5, 5.41) is 3.68. The number of thioether (sulfide) groups is 1. The van der Waals surface area contributed by atoms with Crippen molar-refractivity contribution in [3.8, 4) is 0 Å². The van der Waals surface area contributed by atoms with Gasteiger partial charge in [0, 0.05) is 10.1 Å². The highest BCUT2D eigenvalue weighted by Gasteiger charge is 2.45. The largest absolute Gasteiger partial charge is 0.468 e. The van der Waals surface area contributed by atoms with Gasteiger partial charge < -0.3 is 10.1 Å². The van der Waals surface area contributed by atoms with Crippen molar-refractivity contribution in [3.63, 3.8) is 0 Å². The molecule has 1 aromatic rings. The summed E-state index contributed by atoms with van der Waals surface area (Å²) in [5.74, 6) is -0.123. The number of aryl methyl sites for hydroxylation is 2. The van der Waals surface area contributed by atoms with E-state index in [-0.39, 0.29) is 5.97 Å². The number of carbonyl (C=O) groups excluding carboxylic acids is 1. The van der Waals surface area contributed by atoms with E-state index in [0.717, 1.165) is 19.3 Å². The van der Waals surface area contributed by atoms with Crippen LogP contribution < -0.4 is 5.32 Å². The lowest BCUT2D eigenvalue weighted by molar-refractivity contribution is -0.148. The van der Waals surface area contributed by atoms with Gasteiger partial charge in [0.2, 0.25) is 0 Å². The molecule has 1 aromatic carbocycles. The lowest BCUT2D eigenvalue weighted by Gasteiger charge is -2.25. The molecule has 2 unspecified atom stereocenters. The summed E-state index contributed by atoms with van der Waals surface area (Å²) in [6, 6.07) is 6.88. The van der Waals surface area contributed by atoms with Gasteiger partial charge in [-0.05, 0) is 68.8 Å². The first-order chi connectivity index (χ1) is 10.2. The van der Waals surface area contributed by atoms with Crippen molar-refractivity contribution < 1.29 is 9.53 Å². The first-order valence-electron chi connectivity index (χ1n) is 7.73. The highest BCUT2D eigenvalue weighted by Crippen LogP contribution is 2.41. The molecule has 3 rings (SSSR count). The maximum Gasteiger partial charge on any atom is 0.326 e. The zero-order chi connectivity index (χ0) is 14.9. The number of hydrogen-bond donors (Lipinski definition) is 1. The zero-order valence-electron chi connectivity index (χ0n) is 12.8. The quantitative estimate of drug-likeness (QED) is 0.868. The van der Waals surface area contributed by atoms with Crippen molar-refractivity contribution >= 4 is 17.7 Å². The Morgan fingerprint density at radius 2 is 2.19 bits per heavy atom. The van der Waals surface area contributed by atoms with Crippen LogP contribution in [-0.4, -0.2) is 30.9 Å². The van der Waals surface area contributed by atoms with Gasteiger partial charge in [-0.1, -0.05) is 6.07 Å². The van der Waals surface area contributed by atoms with E-state index < -0.39 is 5.54 Å². The predicted octanol–water partition coefficient (Wildman–Crippen LogP) is 2.95. The zero-order valence-corrected chi connectivity index (χ0v) is 13.6. The van der Waals surface area contributed by atoms with Gasteiger partial charge in [-0.25, -0.2) is 0 Å². The van der Waals surface area contributed by atoms with Crippen LogP contribution in [0.3, 0.4) is 0 Å². The summed E-state index contributed by atoms with van der Waals surface area (Å²) in [6.45, 7) is 0. The SMILES string of the molecule is CNC1(C(=O)OC)CCC(Sc2ccc3c(c2)CCC3)C1. The Hall–Kier alpha value is -1.00. The van der Waals surface area contributed by atoms with Crippen LogP contribution in [0.15, 0.2) is 23.1 Å². The molecule has 2 atom stereocenters. The second-order valence-electron chi connectivity index (χ2n) is 6.09. The third-order valence-electron chi connectivity index (χ3n) is 4.90. The number of methoxy groups -OCH3 is 1. The molecule has 2 aliphatic rings. The topological polar surface area (TPSA) is 38.3 Å². The normalized spacial score (nSPS) is 27.6. The molecule has 114 valence electrons. The fourth-order valence-corrected chi connectivity index (χ4v) is 4.97. The van der Waals surface area contributed by atoms with Crippen LogP contribution in [0.2, 0.25) is 0 Å². The van der Waals surface area contributed by atoms with Gasteiger partial charge in [0.25, 0.3) is 0 Å². The molecule has 0 amide bonds. The van der Waals surface area contributed by atoms with Gasteiger partial charge in [-0.2, -0.15) is 0 Å². The third kappa shape index (κ3) is 2.84. The maximum atomic E-state index is 12.0. The van der Waals surface area contributed by atoms with Crippen molar-refractivity contribution in [1.82, 2.24) is 5.32 Å². The Morgan fingerprint density at radius 1 is 1.38 bits per heavy atom. The van der Waals surface area contributed by atoms with E-state index in [0.29, 0.717) is 5.25 Å². The molecule has 0 saturated heterocycles. The number of fused-ring (bicyclic) bond motifs is 1. The van der Waals surface area contributed by atoms with Crippen LogP contribution in [0.1, 0.15) is 36.8 Å². The Bertz CT molecular complexity index is 546. The van der Waals surface area contributed by atoms with E-state index >= 15 is 0 Å². The van der Waals surface area contributed by atoms with Crippen molar-refractivity contribution in [1.29, 1.82) is 0 Å². The van der Waals surface area contributed by atoms with Crippen LogP contribution in [-0.2, 0) is 22.4 Å². The van der Waals surface area contributed by atoms with Crippen molar-refractivity contribution in [2.45, 2.75) is 54.2 Å². The average Bonchev–Trinajstić information content (AvgIpc) is 3.13. The van der Waals surface area contributed by atoms with E-state index in [9.17, 15) is 4.79 Å². The molecular weight excluding hydrogens is 282 g/mol. The van der Waals surface area contributed by atoms with Gasteiger partial charge in [-0.3, -0.25) is 4.79 Å². The van der Waals surface area contributed by atoms with E-state index in [4.69, 9.17) is 4.74 Å². The molecule has 0 aliphatic heterocycles. The Morgan fingerprint density at radius 3 is 2.95 bits per heavy atom. The number of hydrogen-bond acceptors (Lipinski definition) is 4. The lowest BCUT2D eigenvalue weighted by atomic mass is 9.98. The Labute approximate surface area is 130 Å². The number of nitrogens with one attached hydrogen (secondary N) is 1. The maximum absolute atomic E-state index is 12.0. The molecule has 0 bridgehead atoms. The molecule has 1 saturated carbocycles. The van der Waals surface area contributed by atoms with Gasteiger partial charge in [-0.15, -0.1) is 11.8 Å². The molecule has 0 radical (unpaired) electrons. The summed E-state index contributed by atoms with van der Waals surface area (Å²) < 4.78 is 4.98. The van der Waals surface area contributed by atoms with Gasteiger partial charge in [0.05, 0.1) is 7.11 Å². The molecule has 4 heteroatoms. The van der Waals surface area contributed by atoms with Crippen LogP contribution in [0.4, 0.5) is 0 Å².